The largest absolute Gasteiger partial charge is 0.469 e. The van der Waals surface area contributed by atoms with Gasteiger partial charge in [-0.25, -0.2) is 0 Å². The number of para-hydroxylation sites is 2. The SMILES string of the molecule is COC(=O)CC(c1c[nH]c2ccccc12)c1c[nH]c2ccccc12. The summed E-state index contributed by atoms with van der Waals surface area (Å²) in [5.74, 6) is -0.277. The van der Waals surface area contributed by atoms with E-state index < -0.39 is 0 Å². The first-order valence-corrected chi connectivity index (χ1v) is 7.97. The molecule has 0 aliphatic rings. The van der Waals surface area contributed by atoms with E-state index in [1.54, 1.807) is 0 Å². The van der Waals surface area contributed by atoms with Crippen LogP contribution in [0, 0.1) is 0 Å². The molecule has 0 unspecified atom stereocenters. The van der Waals surface area contributed by atoms with E-state index in [2.05, 4.69) is 22.1 Å². The lowest BCUT2D eigenvalue weighted by molar-refractivity contribution is -0.140. The van der Waals surface area contributed by atoms with Crippen molar-refractivity contribution in [1.82, 2.24) is 9.97 Å². The van der Waals surface area contributed by atoms with Crippen LogP contribution in [-0.4, -0.2) is 23.0 Å². The lowest BCUT2D eigenvalue weighted by Crippen LogP contribution is -2.09. The molecule has 0 fully saturated rings. The van der Waals surface area contributed by atoms with Crippen LogP contribution in [0.15, 0.2) is 60.9 Å². The monoisotopic (exact) mass is 318 g/mol. The zero-order valence-electron chi connectivity index (χ0n) is 13.4. The first kappa shape index (κ1) is 14.6. The minimum atomic E-state index is -0.212. The van der Waals surface area contributed by atoms with E-state index in [0.29, 0.717) is 6.42 Å². The Morgan fingerprint density at radius 3 is 1.92 bits per heavy atom. The van der Waals surface area contributed by atoms with Gasteiger partial charge in [0.1, 0.15) is 0 Å². The summed E-state index contributed by atoms with van der Waals surface area (Å²) in [6, 6.07) is 16.3. The summed E-state index contributed by atoms with van der Waals surface area (Å²) in [5.41, 5.74) is 4.37. The second-order valence-electron chi connectivity index (χ2n) is 5.91. The highest BCUT2D eigenvalue weighted by atomic mass is 16.5. The molecule has 0 amide bonds. The van der Waals surface area contributed by atoms with Gasteiger partial charge in [-0.15, -0.1) is 0 Å². The molecule has 120 valence electrons. The molecule has 0 radical (unpaired) electrons. The molecule has 4 heteroatoms. The number of aromatic amines is 2. The van der Waals surface area contributed by atoms with Crippen molar-refractivity contribution >= 4 is 27.8 Å². The van der Waals surface area contributed by atoms with E-state index in [1.807, 2.05) is 48.8 Å². The highest BCUT2D eigenvalue weighted by Crippen LogP contribution is 2.37. The molecule has 2 heterocycles. The van der Waals surface area contributed by atoms with Gasteiger partial charge in [-0.05, 0) is 23.3 Å². The van der Waals surface area contributed by atoms with Crippen LogP contribution in [0.25, 0.3) is 21.8 Å². The van der Waals surface area contributed by atoms with Crippen molar-refractivity contribution in [2.75, 3.05) is 7.11 Å². The standard InChI is InChI=1S/C20H18N2O2/c1-24-20(23)10-15(16-11-21-18-8-4-2-6-13(16)18)17-12-22-19-9-5-3-7-14(17)19/h2-9,11-12,15,21-22H,10H2,1H3. The smallest absolute Gasteiger partial charge is 0.306 e. The van der Waals surface area contributed by atoms with Crippen molar-refractivity contribution in [3.8, 4) is 0 Å². The fraction of sp³-hybridized carbons (Fsp3) is 0.150. The minimum Gasteiger partial charge on any atom is -0.469 e. The predicted molar refractivity (Wildman–Crippen MR) is 95.1 cm³/mol. The number of rotatable bonds is 4. The maximum Gasteiger partial charge on any atom is 0.306 e. The van der Waals surface area contributed by atoms with Gasteiger partial charge < -0.3 is 14.7 Å². The summed E-state index contributed by atoms with van der Waals surface area (Å²) in [5, 5.41) is 2.27. The number of methoxy groups -OCH3 is 1. The molecule has 4 aromatic rings. The van der Waals surface area contributed by atoms with Crippen molar-refractivity contribution in [1.29, 1.82) is 0 Å². The summed E-state index contributed by atoms with van der Waals surface area (Å²) in [7, 11) is 1.43. The van der Waals surface area contributed by atoms with Gasteiger partial charge in [-0.2, -0.15) is 0 Å². The number of aromatic nitrogens is 2. The number of carbonyl (C=O) groups excluding carboxylic acids is 1. The lowest BCUT2D eigenvalue weighted by Gasteiger charge is -2.15. The Balaban J connectivity index is 1.90. The van der Waals surface area contributed by atoms with Crippen LogP contribution in [0.4, 0.5) is 0 Å². The molecule has 0 saturated heterocycles. The molecule has 2 aromatic carbocycles. The van der Waals surface area contributed by atoms with Gasteiger partial charge in [-0.3, -0.25) is 4.79 Å². The Labute approximate surface area is 139 Å². The van der Waals surface area contributed by atoms with E-state index >= 15 is 0 Å². The topological polar surface area (TPSA) is 57.9 Å². The molecule has 4 nitrogen and oxygen atoms in total. The van der Waals surface area contributed by atoms with E-state index in [4.69, 9.17) is 4.74 Å². The second kappa shape index (κ2) is 5.89. The number of benzene rings is 2. The first-order valence-electron chi connectivity index (χ1n) is 7.97. The summed E-state index contributed by atoms with van der Waals surface area (Å²) in [4.78, 5) is 18.7. The average molecular weight is 318 g/mol. The molecule has 0 bridgehead atoms. The number of hydrogen-bond acceptors (Lipinski definition) is 2. The molecular formula is C20H18N2O2. The Morgan fingerprint density at radius 2 is 1.42 bits per heavy atom. The Hall–Kier alpha value is -3.01. The summed E-state index contributed by atoms with van der Waals surface area (Å²) in [6.07, 6.45) is 4.31. The van der Waals surface area contributed by atoms with Crippen molar-refractivity contribution in [3.63, 3.8) is 0 Å². The Morgan fingerprint density at radius 1 is 0.917 bits per heavy atom. The van der Waals surface area contributed by atoms with Gasteiger partial charge in [0, 0.05) is 40.1 Å². The van der Waals surface area contributed by atoms with Gasteiger partial charge in [-0.1, -0.05) is 36.4 Å². The third-order valence-corrected chi connectivity index (χ3v) is 4.59. The number of ether oxygens (including phenoxy) is 1. The van der Waals surface area contributed by atoms with Gasteiger partial charge in [0.05, 0.1) is 13.5 Å². The number of nitrogens with one attached hydrogen (secondary N) is 2. The highest BCUT2D eigenvalue weighted by molar-refractivity contribution is 5.89. The second-order valence-corrected chi connectivity index (χ2v) is 5.91. The average Bonchev–Trinajstić information content (AvgIpc) is 3.24. The Kier molecular flexibility index (Phi) is 3.58. The highest BCUT2D eigenvalue weighted by Gasteiger charge is 2.24. The number of H-pyrrole nitrogens is 2. The predicted octanol–water partition coefficient (Wildman–Crippen LogP) is 4.34. The van der Waals surface area contributed by atoms with Gasteiger partial charge in [0.25, 0.3) is 0 Å². The molecular weight excluding hydrogens is 300 g/mol. The molecule has 0 aliphatic heterocycles. The number of fused-ring (bicyclic) bond motifs is 2. The van der Waals surface area contributed by atoms with Crippen LogP contribution in [0.1, 0.15) is 23.5 Å². The summed E-state index contributed by atoms with van der Waals surface area (Å²) in [6.45, 7) is 0. The summed E-state index contributed by atoms with van der Waals surface area (Å²) < 4.78 is 4.94. The van der Waals surface area contributed by atoms with Crippen LogP contribution >= 0.6 is 0 Å². The van der Waals surface area contributed by atoms with Crippen molar-refractivity contribution in [3.05, 3.63) is 72.1 Å². The third kappa shape index (κ3) is 2.36. The zero-order valence-corrected chi connectivity index (χ0v) is 13.4. The van der Waals surface area contributed by atoms with Crippen LogP contribution in [0.3, 0.4) is 0 Å². The minimum absolute atomic E-state index is 0.0650. The normalized spacial score (nSPS) is 11.4. The fourth-order valence-corrected chi connectivity index (χ4v) is 3.40. The number of hydrogen-bond donors (Lipinski definition) is 2. The van der Waals surface area contributed by atoms with E-state index in [0.717, 1.165) is 32.9 Å². The quantitative estimate of drug-likeness (QED) is 0.550. The molecule has 0 spiro atoms. The molecule has 0 aliphatic carbocycles. The number of esters is 1. The fourth-order valence-electron chi connectivity index (χ4n) is 3.40. The van der Waals surface area contributed by atoms with Gasteiger partial charge >= 0.3 is 5.97 Å². The lowest BCUT2D eigenvalue weighted by atomic mass is 9.88. The van der Waals surface area contributed by atoms with Crippen LogP contribution in [0.2, 0.25) is 0 Å². The van der Waals surface area contributed by atoms with Gasteiger partial charge in [0.15, 0.2) is 0 Å². The van der Waals surface area contributed by atoms with Crippen LogP contribution in [0.5, 0.6) is 0 Å². The Bertz CT molecular complexity index is 939. The van der Waals surface area contributed by atoms with Crippen molar-refractivity contribution in [2.24, 2.45) is 0 Å². The maximum atomic E-state index is 12.0. The third-order valence-electron chi connectivity index (χ3n) is 4.59. The van der Waals surface area contributed by atoms with Crippen molar-refractivity contribution < 1.29 is 9.53 Å². The molecule has 2 N–H and O–H groups in total. The number of carbonyl (C=O) groups is 1. The molecule has 4 rings (SSSR count). The first-order chi connectivity index (χ1) is 11.8. The van der Waals surface area contributed by atoms with Gasteiger partial charge in [0.2, 0.25) is 0 Å². The summed E-state index contributed by atoms with van der Waals surface area (Å²) >= 11 is 0. The molecule has 0 saturated carbocycles. The molecule has 2 aromatic heterocycles. The molecule has 24 heavy (non-hydrogen) atoms. The van der Waals surface area contributed by atoms with Crippen LogP contribution < -0.4 is 0 Å². The zero-order chi connectivity index (χ0) is 16.5. The van der Waals surface area contributed by atoms with Crippen molar-refractivity contribution in [2.45, 2.75) is 12.3 Å². The van der Waals surface area contributed by atoms with E-state index in [-0.39, 0.29) is 11.9 Å². The van der Waals surface area contributed by atoms with Crippen LogP contribution in [-0.2, 0) is 9.53 Å². The molecule has 0 atom stereocenters. The van der Waals surface area contributed by atoms with E-state index in [9.17, 15) is 4.79 Å². The van der Waals surface area contributed by atoms with E-state index in [1.165, 1.54) is 7.11 Å². The maximum absolute atomic E-state index is 12.0.